The van der Waals surface area contributed by atoms with Crippen LogP contribution in [0.15, 0.2) is 40.9 Å². The molecule has 2 aromatic rings. The van der Waals surface area contributed by atoms with Gasteiger partial charge in [0.1, 0.15) is 0 Å². The smallest absolute Gasteiger partial charge is 0.0549 e. The molecule has 20 heavy (non-hydrogen) atoms. The van der Waals surface area contributed by atoms with Crippen molar-refractivity contribution in [3.8, 4) is 0 Å². The second-order valence-corrected chi connectivity index (χ2v) is 6.51. The van der Waals surface area contributed by atoms with Gasteiger partial charge in [-0.1, -0.05) is 47.8 Å². The number of hydrogen-bond acceptors (Lipinski definition) is 1. The maximum absolute atomic E-state index is 6.27. The van der Waals surface area contributed by atoms with Crippen LogP contribution in [0.1, 0.15) is 24.9 Å². The van der Waals surface area contributed by atoms with Gasteiger partial charge in [0.2, 0.25) is 0 Å². The lowest BCUT2D eigenvalue weighted by atomic mass is 10.0. The topological polar surface area (TPSA) is 12.0 Å². The van der Waals surface area contributed by atoms with Crippen molar-refractivity contribution in [1.82, 2.24) is 0 Å². The number of nitrogens with one attached hydrogen (secondary N) is 1. The molecule has 1 unspecified atom stereocenters. The molecular weight excluding hydrogens is 380 g/mol. The highest BCUT2D eigenvalue weighted by Crippen LogP contribution is 2.32. The van der Waals surface area contributed by atoms with Crippen LogP contribution < -0.4 is 5.32 Å². The highest BCUT2D eigenvalue weighted by Gasteiger charge is 2.13. The Morgan fingerprint density at radius 1 is 1.05 bits per heavy atom. The Kier molecular flexibility index (Phi) is 5.62. The van der Waals surface area contributed by atoms with Gasteiger partial charge < -0.3 is 5.32 Å². The Bertz CT molecular complexity index is 616. The van der Waals surface area contributed by atoms with Crippen LogP contribution in [0.2, 0.25) is 15.1 Å². The Labute approximate surface area is 142 Å². The Morgan fingerprint density at radius 2 is 1.80 bits per heavy atom. The normalized spacial score (nSPS) is 12.2. The summed E-state index contributed by atoms with van der Waals surface area (Å²) in [5, 5.41) is 5.46. The van der Waals surface area contributed by atoms with Gasteiger partial charge in [-0.25, -0.2) is 0 Å². The van der Waals surface area contributed by atoms with E-state index in [-0.39, 0.29) is 6.04 Å². The minimum atomic E-state index is 0.118. The summed E-state index contributed by atoms with van der Waals surface area (Å²) in [6, 6.07) is 11.4. The molecule has 0 amide bonds. The van der Waals surface area contributed by atoms with Crippen LogP contribution in [0.4, 0.5) is 5.69 Å². The number of anilines is 1. The zero-order valence-corrected chi connectivity index (χ0v) is 14.6. The van der Waals surface area contributed by atoms with Gasteiger partial charge in [0.25, 0.3) is 0 Å². The van der Waals surface area contributed by atoms with E-state index in [0.717, 1.165) is 22.1 Å². The second-order valence-electron chi connectivity index (χ2n) is 4.40. The molecular formula is C15H13BrCl3N. The van der Waals surface area contributed by atoms with Crippen molar-refractivity contribution in [2.75, 3.05) is 5.32 Å². The first kappa shape index (κ1) is 16.0. The van der Waals surface area contributed by atoms with E-state index in [2.05, 4.69) is 28.2 Å². The van der Waals surface area contributed by atoms with Gasteiger partial charge in [0.15, 0.2) is 0 Å². The summed E-state index contributed by atoms with van der Waals surface area (Å²) in [7, 11) is 0. The van der Waals surface area contributed by atoms with Gasteiger partial charge in [-0.2, -0.15) is 0 Å². The average Bonchev–Trinajstić information content (AvgIpc) is 2.41. The second kappa shape index (κ2) is 7.04. The zero-order chi connectivity index (χ0) is 14.7. The van der Waals surface area contributed by atoms with Gasteiger partial charge in [0.05, 0.1) is 11.1 Å². The molecule has 0 aliphatic heterocycles. The third-order valence-electron chi connectivity index (χ3n) is 3.01. The number of rotatable bonds is 4. The highest BCUT2D eigenvalue weighted by atomic mass is 79.9. The van der Waals surface area contributed by atoms with Crippen LogP contribution in [0.3, 0.4) is 0 Å². The summed E-state index contributed by atoms with van der Waals surface area (Å²) >= 11 is 21.6. The van der Waals surface area contributed by atoms with Gasteiger partial charge in [-0.3, -0.25) is 0 Å². The molecule has 0 spiro atoms. The molecule has 0 bridgehead atoms. The van der Waals surface area contributed by atoms with Crippen molar-refractivity contribution in [3.05, 3.63) is 61.5 Å². The standard InChI is InChI=1S/C15H13BrCl3N/c1-2-15(11-5-3-9(17)7-14(11)19)20-10-4-6-13(18)12(16)8-10/h3-8,15,20H,2H2,1H3. The van der Waals surface area contributed by atoms with Crippen LogP contribution in [0.25, 0.3) is 0 Å². The van der Waals surface area contributed by atoms with Crippen molar-refractivity contribution in [3.63, 3.8) is 0 Å². The predicted octanol–water partition coefficient (Wildman–Crippen LogP) is 6.97. The van der Waals surface area contributed by atoms with Gasteiger partial charge in [0, 0.05) is 20.2 Å². The Balaban J connectivity index is 2.26. The molecule has 0 aliphatic carbocycles. The fraction of sp³-hybridized carbons (Fsp3) is 0.200. The van der Waals surface area contributed by atoms with E-state index in [9.17, 15) is 0 Å². The summed E-state index contributed by atoms with van der Waals surface area (Å²) in [5.41, 5.74) is 2.02. The van der Waals surface area contributed by atoms with Crippen molar-refractivity contribution in [2.24, 2.45) is 0 Å². The quantitative estimate of drug-likeness (QED) is 0.591. The van der Waals surface area contributed by atoms with E-state index in [4.69, 9.17) is 34.8 Å². The molecule has 0 saturated heterocycles. The Hall–Kier alpha value is -0.410. The first-order chi connectivity index (χ1) is 9.51. The minimum Gasteiger partial charge on any atom is -0.378 e. The van der Waals surface area contributed by atoms with Crippen LogP contribution in [-0.4, -0.2) is 0 Å². The van der Waals surface area contributed by atoms with Crippen molar-refractivity contribution in [1.29, 1.82) is 0 Å². The van der Waals surface area contributed by atoms with Gasteiger partial charge in [-0.15, -0.1) is 0 Å². The van der Waals surface area contributed by atoms with E-state index in [0.29, 0.717) is 15.1 Å². The molecule has 0 radical (unpaired) electrons. The zero-order valence-electron chi connectivity index (χ0n) is 10.8. The molecule has 1 nitrogen and oxygen atoms in total. The van der Waals surface area contributed by atoms with Crippen LogP contribution in [0.5, 0.6) is 0 Å². The van der Waals surface area contributed by atoms with Gasteiger partial charge >= 0.3 is 0 Å². The van der Waals surface area contributed by atoms with E-state index < -0.39 is 0 Å². The molecule has 5 heteroatoms. The van der Waals surface area contributed by atoms with Crippen molar-refractivity contribution >= 4 is 56.4 Å². The molecule has 0 aromatic heterocycles. The molecule has 1 atom stereocenters. The van der Waals surface area contributed by atoms with E-state index >= 15 is 0 Å². The summed E-state index contributed by atoms with van der Waals surface area (Å²) in [6.07, 6.45) is 0.904. The van der Waals surface area contributed by atoms with Crippen molar-refractivity contribution < 1.29 is 0 Å². The first-order valence-electron chi connectivity index (χ1n) is 6.17. The molecule has 0 fully saturated rings. The fourth-order valence-electron chi connectivity index (χ4n) is 1.97. The number of hydrogen-bond donors (Lipinski definition) is 1. The third kappa shape index (κ3) is 3.82. The fourth-order valence-corrected chi connectivity index (χ4v) is 3.01. The SMILES string of the molecule is CCC(Nc1ccc(Cl)c(Br)c1)c1ccc(Cl)cc1Cl. The first-order valence-corrected chi connectivity index (χ1v) is 8.10. The van der Waals surface area contributed by atoms with Gasteiger partial charge in [-0.05, 0) is 58.2 Å². The molecule has 0 saturated carbocycles. The average molecular weight is 394 g/mol. The molecule has 106 valence electrons. The van der Waals surface area contributed by atoms with Crippen LogP contribution in [0, 0.1) is 0 Å². The molecule has 0 heterocycles. The van der Waals surface area contributed by atoms with E-state index in [1.807, 2.05) is 30.3 Å². The van der Waals surface area contributed by atoms with Crippen LogP contribution in [-0.2, 0) is 0 Å². The number of halogens is 4. The van der Waals surface area contributed by atoms with E-state index in [1.54, 1.807) is 6.07 Å². The lowest BCUT2D eigenvalue weighted by Gasteiger charge is -2.20. The molecule has 1 N–H and O–H groups in total. The van der Waals surface area contributed by atoms with E-state index in [1.165, 1.54) is 0 Å². The maximum Gasteiger partial charge on any atom is 0.0549 e. The minimum absolute atomic E-state index is 0.118. The highest BCUT2D eigenvalue weighted by molar-refractivity contribution is 9.10. The lowest BCUT2D eigenvalue weighted by molar-refractivity contribution is 0.749. The molecule has 0 aliphatic rings. The number of benzene rings is 2. The molecule has 2 aromatic carbocycles. The Morgan fingerprint density at radius 3 is 2.40 bits per heavy atom. The largest absolute Gasteiger partial charge is 0.378 e. The summed E-state index contributed by atoms with van der Waals surface area (Å²) < 4.78 is 0.862. The summed E-state index contributed by atoms with van der Waals surface area (Å²) in [6.45, 7) is 2.10. The maximum atomic E-state index is 6.27. The third-order valence-corrected chi connectivity index (χ3v) is 4.78. The monoisotopic (exact) mass is 391 g/mol. The summed E-state index contributed by atoms with van der Waals surface area (Å²) in [5.74, 6) is 0. The lowest BCUT2D eigenvalue weighted by Crippen LogP contribution is -2.10. The predicted molar refractivity (Wildman–Crippen MR) is 92.3 cm³/mol. The summed E-state index contributed by atoms with van der Waals surface area (Å²) in [4.78, 5) is 0. The van der Waals surface area contributed by atoms with Crippen LogP contribution >= 0.6 is 50.7 Å². The van der Waals surface area contributed by atoms with Crippen molar-refractivity contribution in [2.45, 2.75) is 19.4 Å². The molecule has 2 rings (SSSR count).